The molecule has 0 amide bonds. The van der Waals surface area contributed by atoms with Gasteiger partial charge in [0.15, 0.2) is 23.7 Å². The number of nitrogens with one attached hydrogen (secondary N) is 3. The van der Waals surface area contributed by atoms with Gasteiger partial charge in [0.25, 0.3) is 5.56 Å². The molecule has 0 spiro atoms. The van der Waals surface area contributed by atoms with E-state index in [1.807, 2.05) is 11.9 Å². The highest BCUT2D eigenvalue weighted by molar-refractivity contribution is 7.46. The van der Waals surface area contributed by atoms with E-state index in [0.29, 0.717) is 23.8 Å². The van der Waals surface area contributed by atoms with Gasteiger partial charge in [0.1, 0.15) is 37.1 Å². The summed E-state index contributed by atoms with van der Waals surface area (Å²) in [5.74, 6) is -0.689. The number of rotatable bonds is 14. The number of nitrogens with zero attached hydrogens (tertiary/aromatic N) is 1. The third-order valence-electron chi connectivity index (χ3n) is 7.99. The van der Waals surface area contributed by atoms with Crippen molar-refractivity contribution in [3.8, 4) is 0 Å². The van der Waals surface area contributed by atoms with Crippen molar-refractivity contribution in [3.05, 3.63) is 31.3 Å². The van der Waals surface area contributed by atoms with Gasteiger partial charge in [0.05, 0.1) is 18.3 Å². The number of unbranched alkanes of at least 4 members (excludes halogenated alkanes) is 3. The Morgan fingerprint density at radius 2 is 1.70 bits per heavy atom. The first-order chi connectivity index (χ1) is 22.1. The second kappa shape index (κ2) is 15.6. The van der Waals surface area contributed by atoms with Crippen LogP contribution in [0.5, 0.6) is 0 Å². The lowest BCUT2D eigenvalue weighted by atomic mass is 9.98. The normalized spacial score (nSPS) is 30.8. The Balaban J connectivity index is 1.29. The fourth-order valence-corrected chi connectivity index (χ4v) is 6.07. The van der Waals surface area contributed by atoms with Crippen LogP contribution >= 0.6 is 7.82 Å². The predicted molar refractivity (Wildman–Crippen MR) is 157 cm³/mol. The van der Waals surface area contributed by atoms with Gasteiger partial charge >= 0.3 is 25.2 Å². The number of ether oxygens (including phenoxy) is 4. The lowest BCUT2D eigenvalue weighted by molar-refractivity contribution is -0.273. The number of aromatic nitrogens is 4. The molecule has 47 heavy (non-hydrogen) atoms. The number of hydrogen-bond donors (Lipinski definition) is 9. The van der Waals surface area contributed by atoms with Gasteiger partial charge in [-0.2, -0.15) is 0 Å². The van der Waals surface area contributed by atoms with Crippen LogP contribution in [0.4, 0.5) is 0 Å². The molecule has 0 unspecified atom stereocenters. The topological polar surface area (TPSA) is 305 Å². The monoisotopic (exact) mass is 696 g/mol. The Hall–Kier alpha value is -2.75. The van der Waals surface area contributed by atoms with Crippen molar-refractivity contribution in [2.75, 3.05) is 6.61 Å². The van der Waals surface area contributed by atoms with E-state index >= 15 is 0 Å². The molecule has 9 N–H and O–H groups in total. The fourth-order valence-electron chi connectivity index (χ4n) is 5.50. The molecule has 266 valence electrons. The van der Waals surface area contributed by atoms with Crippen LogP contribution in [0.3, 0.4) is 0 Å². The van der Waals surface area contributed by atoms with Crippen LogP contribution in [-0.4, -0.2) is 117 Å². The van der Waals surface area contributed by atoms with Crippen LogP contribution in [0.2, 0.25) is 0 Å². The maximum atomic E-state index is 12.7. The molecule has 20 nitrogen and oxygen atoms in total. The first kappa shape index (κ1) is 37.1. The Kier molecular flexibility index (Phi) is 12.3. The Morgan fingerprint density at radius 1 is 1.00 bits per heavy atom. The van der Waals surface area contributed by atoms with E-state index in [0.717, 1.165) is 12.8 Å². The molecular weight excluding hydrogens is 655 g/mol. The van der Waals surface area contributed by atoms with Gasteiger partial charge in [-0.25, -0.2) is 18.7 Å². The number of H-pyrrole nitrogens is 3. The van der Waals surface area contributed by atoms with Crippen LogP contribution in [0.15, 0.2) is 14.4 Å². The first-order valence-electron chi connectivity index (χ1n) is 15.1. The second-order valence-corrected chi connectivity index (χ2v) is 12.9. The van der Waals surface area contributed by atoms with Crippen LogP contribution in [0.1, 0.15) is 65.0 Å². The number of aromatic amines is 3. The van der Waals surface area contributed by atoms with Gasteiger partial charge in [-0.05, 0) is 26.7 Å². The maximum absolute atomic E-state index is 12.7. The highest BCUT2D eigenvalue weighted by atomic mass is 31.2. The standard InChI is InChI=1S/C26H41N4O16P/c1-11(43-24-14(32)9-13(31)12(2)44-24)7-5-3-4-6-8-16(33)42-10-15-18(34)20(46-47(39,40)41)19(35)23(45-15)30-21-17(27-25(37)28-21)22(36)29-26(30)38/h11-15,18-20,23-24,31-32,34-35H,3-10H2,1-2H3,(H2,27,28,37)(H,29,36,38)(H2,39,40,41)/t11-,12+,13-,14-,15-,18-,19-,20+,23-,24-/m1/s1. The number of phosphoric ester groups is 1. The van der Waals surface area contributed by atoms with Crippen LogP contribution in [0.25, 0.3) is 11.2 Å². The first-order valence-corrected chi connectivity index (χ1v) is 16.6. The number of fused-ring (bicyclic) bond motifs is 1. The number of esters is 1. The quantitative estimate of drug-likeness (QED) is 0.0583. The number of aliphatic hydroxyl groups is 4. The predicted octanol–water partition coefficient (Wildman–Crippen LogP) is -2.05. The molecule has 2 aromatic heterocycles. The van der Waals surface area contributed by atoms with E-state index in [1.54, 1.807) is 6.92 Å². The lowest BCUT2D eigenvalue weighted by Gasteiger charge is -2.42. The van der Waals surface area contributed by atoms with Crippen molar-refractivity contribution < 1.29 is 63.0 Å². The SMILES string of the molecule is C[C@H](CCCCCCC(=O)OC[C@H]1O[C@@H](n2c(=O)[nH]c(=O)c3[nH]c(=O)[nH]c32)[C@H](O)[C@@H](OP(=O)(O)O)[C@@H]1O)O[C@@H]1O[C@@H](C)[C@H](O)C[C@H]1O. The summed E-state index contributed by atoms with van der Waals surface area (Å²) in [5, 5.41) is 41.4. The summed E-state index contributed by atoms with van der Waals surface area (Å²) in [4.78, 5) is 74.2. The highest BCUT2D eigenvalue weighted by Gasteiger charge is 2.49. The molecule has 21 heteroatoms. The van der Waals surface area contributed by atoms with Gasteiger partial charge in [-0.15, -0.1) is 0 Å². The number of imidazole rings is 1. The summed E-state index contributed by atoms with van der Waals surface area (Å²) >= 11 is 0. The second-order valence-electron chi connectivity index (χ2n) is 11.7. The molecule has 0 aromatic carbocycles. The van der Waals surface area contributed by atoms with Crippen molar-refractivity contribution in [1.82, 2.24) is 19.5 Å². The third-order valence-corrected chi connectivity index (χ3v) is 8.51. The van der Waals surface area contributed by atoms with Gasteiger partial charge in [0, 0.05) is 12.8 Å². The number of aliphatic hydroxyl groups excluding tert-OH is 4. The van der Waals surface area contributed by atoms with Crippen LogP contribution in [0, 0.1) is 0 Å². The van der Waals surface area contributed by atoms with Gasteiger partial charge in [-0.3, -0.25) is 29.1 Å². The Labute approximate surface area is 265 Å². The average molecular weight is 697 g/mol. The van der Waals surface area contributed by atoms with Crippen LogP contribution in [-0.2, 0) is 32.8 Å². The van der Waals surface area contributed by atoms with Crippen molar-refractivity contribution >= 4 is 25.0 Å². The molecule has 2 aromatic rings. The van der Waals surface area contributed by atoms with E-state index in [9.17, 15) is 54.0 Å². The van der Waals surface area contributed by atoms with Crippen molar-refractivity contribution in [2.24, 2.45) is 0 Å². The van der Waals surface area contributed by atoms with E-state index in [2.05, 4.69) is 14.5 Å². The zero-order valence-corrected chi connectivity index (χ0v) is 26.5. The molecule has 2 saturated heterocycles. The third kappa shape index (κ3) is 9.45. The minimum absolute atomic E-state index is 0.0176. The summed E-state index contributed by atoms with van der Waals surface area (Å²) in [6, 6.07) is 0. The molecule has 2 aliphatic heterocycles. The van der Waals surface area contributed by atoms with E-state index in [4.69, 9.17) is 18.9 Å². The van der Waals surface area contributed by atoms with Gasteiger partial charge in [-0.1, -0.05) is 19.3 Å². The lowest BCUT2D eigenvalue weighted by Crippen LogP contribution is -2.59. The largest absolute Gasteiger partial charge is 0.470 e. The van der Waals surface area contributed by atoms with E-state index < -0.39 is 104 Å². The minimum atomic E-state index is -5.33. The average Bonchev–Trinajstić information content (AvgIpc) is 3.37. The number of carbonyl (C=O) groups is 1. The van der Waals surface area contributed by atoms with Crippen molar-refractivity contribution in [3.63, 3.8) is 0 Å². The Morgan fingerprint density at radius 3 is 2.40 bits per heavy atom. The Bertz CT molecular complexity index is 1580. The number of phosphoric acid groups is 1. The molecule has 4 heterocycles. The van der Waals surface area contributed by atoms with E-state index in [-0.39, 0.29) is 18.9 Å². The summed E-state index contributed by atoms with van der Waals surface area (Å²) in [6.45, 7) is 2.87. The van der Waals surface area contributed by atoms with Gasteiger partial charge in [0.2, 0.25) is 0 Å². The van der Waals surface area contributed by atoms with Crippen molar-refractivity contribution in [2.45, 2.75) is 120 Å². The molecule has 0 saturated carbocycles. The molecule has 2 fully saturated rings. The summed E-state index contributed by atoms with van der Waals surface area (Å²) in [7, 11) is -5.33. The highest BCUT2D eigenvalue weighted by Crippen LogP contribution is 2.43. The summed E-state index contributed by atoms with van der Waals surface area (Å²) in [6.07, 6.45) is -9.37. The summed E-state index contributed by atoms with van der Waals surface area (Å²) in [5.41, 5.74) is -3.88. The molecule has 0 bridgehead atoms. The smallest absolute Gasteiger partial charge is 0.463 e. The van der Waals surface area contributed by atoms with E-state index in [1.165, 1.54) is 0 Å². The molecule has 4 rings (SSSR count). The molecule has 0 radical (unpaired) electrons. The zero-order chi connectivity index (χ0) is 34.6. The number of carbonyl (C=O) groups excluding carboxylic acids is 1. The van der Waals surface area contributed by atoms with Crippen LogP contribution < -0.4 is 16.9 Å². The number of hydrogen-bond acceptors (Lipinski definition) is 14. The van der Waals surface area contributed by atoms with Crippen molar-refractivity contribution in [1.29, 1.82) is 0 Å². The zero-order valence-electron chi connectivity index (χ0n) is 25.6. The molecule has 10 atom stereocenters. The minimum Gasteiger partial charge on any atom is -0.463 e. The molecular formula is C26H41N4O16P. The summed E-state index contributed by atoms with van der Waals surface area (Å²) < 4.78 is 38.9. The van der Waals surface area contributed by atoms with Gasteiger partial charge < -0.3 is 49.2 Å². The molecule has 0 aliphatic carbocycles. The molecule has 2 aliphatic rings. The fraction of sp³-hybridized carbons (Fsp3) is 0.769. The maximum Gasteiger partial charge on any atom is 0.470 e.